The Morgan fingerprint density at radius 1 is 0.939 bits per heavy atom. The van der Waals surface area contributed by atoms with Crippen LogP contribution >= 0.6 is 11.8 Å². The van der Waals surface area contributed by atoms with Gasteiger partial charge in [-0.1, -0.05) is 48.2 Å². The lowest BCUT2D eigenvalue weighted by molar-refractivity contribution is -0.127. The van der Waals surface area contributed by atoms with Crippen molar-refractivity contribution in [1.29, 1.82) is 0 Å². The summed E-state index contributed by atoms with van der Waals surface area (Å²) in [6.07, 6.45) is 8.60. The van der Waals surface area contributed by atoms with Gasteiger partial charge >= 0.3 is 0 Å². The number of hydrogen-bond donors (Lipinski definition) is 0. The van der Waals surface area contributed by atoms with Crippen molar-refractivity contribution in [2.24, 2.45) is 5.92 Å². The molecule has 2 saturated heterocycles. The van der Waals surface area contributed by atoms with E-state index >= 15 is 0 Å². The Morgan fingerprint density at radius 3 is 2.52 bits per heavy atom. The van der Waals surface area contributed by atoms with Crippen LogP contribution < -0.4 is 0 Å². The van der Waals surface area contributed by atoms with Crippen molar-refractivity contribution in [3.8, 4) is 0 Å². The van der Waals surface area contributed by atoms with E-state index in [0.717, 1.165) is 47.2 Å². The van der Waals surface area contributed by atoms with E-state index in [1.807, 2.05) is 24.4 Å². The van der Waals surface area contributed by atoms with Crippen LogP contribution in [0.3, 0.4) is 0 Å². The van der Waals surface area contributed by atoms with Gasteiger partial charge in [-0.3, -0.25) is 9.20 Å². The molecule has 0 atom stereocenters. The normalized spacial score (nSPS) is 20.2. The Morgan fingerprint density at radius 2 is 1.73 bits per heavy atom. The van der Waals surface area contributed by atoms with E-state index in [1.165, 1.54) is 38.0 Å². The van der Waals surface area contributed by atoms with Gasteiger partial charge < -0.3 is 9.80 Å². The minimum absolute atomic E-state index is 0.173. The molecule has 6 heteroatoms. The maximum Gasteiger partial charge on any atom is 0.260 e. The lowest BCUT2D eigenvalue weighted by Gasteiger charge is -2.38. The van der Waals surface area contributed by atoms with Crippen LogP contribution in [0.5, 0.6) is 0 Å². The maximum atomic E-state index is 13.3. The summed E-state index contributed by atoms with van der Waals surface area (Å²) in [5, 5.41) is 1.07. The molecule has 0 N–H and O–H groups in total. The minimum atomic E-state index is 0.173. The summed E-state index contributed by atoms with van der Waals surface area (Å²) in [4.78, 5) is 23.3. The third-order valence-corrected chi connectivity index (χ3v) is 8.54. The number of rotatable bonds is 4. The first kappa shape index (κ1) is 21.0. The molecular formula is C27H30N4OS. The van der Waals surface area contributed by atoms with E-state index < -0.39 is 0 Å². The van der Waals surface area contributed by atoms with E-state index in [4.69, 9.17) is 0 Å². The smallest absolute Gasteiger partial charge is 0.260 e. The number of carbonyl (C=O) groups is 1. The molecule has 3 aliphatic heterocycles. The highest BCUT2D eigenvalue weighted by Gasteiger charge is 2.29. The van der Waals surface area contributed by atoms with Crippen LogP contribution in [-0.2, 0) is 4.79 Å². The van der Waals surface area contributed by atoms with Gasteiger partial charge in [-0.05, 0) is 74.4 Å². The maximum absolute atomic E-state index is 13.3. The molecule has 0 spiro atoms. The van der Waals surface area contributed by atoms with Crippen molar-refractivity contribution in [3.63, 3.8) is 0 Å². The Hall–Kier alpha value is -2.57. The number of amides is 1. The molecule has 0 unspecified atom stereocenters. The lowest BCUT2D eigenvalue weighted by Crippen LogP contribution is -2.43. The van der Waals surface area contributed by atoms with Gasteiger partial charge in [-0.25, -0.2) is 4.98 Å². The first-order valence-corrected chi connectivity index (χ1v) is 13.0. The van der Waals surface area contributed by atoms with Gasteiger partial charge in [0.2, 0.25) is 0 Å². The predicted molar refractivity (Wildman–Crippen MR) is 133 cm³/mol. The number of likely N-dealkylation sites (tertiary alicyclic amines) is 2. The highest BCUT2D eigenvalue weighted by Crippen LogP contribution is 2.36. The third kappa shape index (κ3) is 4.22. The molecule has 2 aromatic heterocycles. The van der Waals surface area contributed by atoms with Crippen LogP contribution in [0.15, 0.2) is 64.7 Å². The average molecular weight is 459 g/mol. The monoisotopic (exact) mass is 458 g/mol. The Labute approximate surface area is 199 Å². The van der Waals surface area contributed by atoms with Gasteiger partial charge in [0.1, 0.15) is 5.65 Å². The van der Waals surface area contributed by atoms with Gasteiger partial charge in [-0.2, -0.15) is 0 Å². The molecule has 0 radical (unpaired) electrons. The SMILES string of the molecule is O=C(C1=Cc2cnc3cccc(n23)S1)N1CCC(CN2CCC(c3ccccc3)CC2)CC1. The zero-order valence-electron chi connectivity index (χ0n) is 18.9. The average Bonchev–Trinajstić information content (AvgIpc) is 3.29. The highest BCUT2D eigenvalue weighted by molar-refractivity contribution is 8.04. The van der Waals surface area contributed by atoms with Crippen LogP contribution in [-0.4, -0.2) is 57.8 Å². The van der Waals surface area contributed by atoms with E-state index in [-0.39, 0.29) is 5.91 Å². The number of carbonyl (C=O) groups excluding carboxylic acids is 1. The second-order valence-electron chi connectivity index (χ2n) is 9.57. The summed E-state index contributed by atoms with van der Waals surface area (Å²) in [5.74, 6) is 1.59. The predicted octanol–water partition coefficient (Wildman–Crippen LogP) is 4.90. The highest BCUT2D eigenvalue weighted by atomic mass is 32.2. The van der Waals surface area contributed by atoms with E-state index in [0.29, 0.717) is 11.8 Å². The van der Waals surface area contributed by atoms with Crippen LogP contribution in [0.25, 0.3) is 11.7 Å². The molecule has 0 aliphatic carbocycles. The number of thioether (sulfide) groups is 1. The molecule has 2 fully saturated rings. The minimum Gasteiger partial charge on any atom is -0.338 e. The Balaban J connectivity index is 1.01. The quantitative estimate of drug-likeness (QED) is 0.558. The summed E-state index contributed by atoms with van der Waals surface area (Å²) >= 11 is 1.57. The van der Waals surface area contributed by atoms with E-state index in [2.05, 4.69) is 55.6 Å². The fraction of sp³-hybridized carbons (Fsp3) is 0.407. The fourth-order valence-electron chi connectivity index (χ4n) is 5.61. The van der Waals surface area contributed by atoms with Crippen molar-refractivity contribution in [1.82, 2.24) is 19.2 Å². The second-order valence-corrected chi connectivity index (χ2v) is 10.6. The molecule has 3 aliphatic rings. The Kier molecular flexibility index (Phi) is 5.72. The summed E-state index contributed by atoms with van der Waals surface area (Å²) in [6.45, 7) is 5.31. The zero-order valence-corrected chi connectivity index (χ0v) is 19.7. The third-order valence-electron chi connectivity index (χ3n) is 7.50. The van der Waals surface area contributed by atoms with Gasteiger partial charge in [-0.15, -0.1) is 0 Å². The van der Waals surface area contributed by atoms with Crippen LogP contribution in [0.4, 0.5) is 0 Å². The molecule has 1 aromatic carbocycles. The van der Waals surface area contributed by atoms with Crippen molar-refractivity contribution < 1.29 is 4.79 Å². The molecule has 1 amide bonds. The van der Waals surface area contributed by atoms with Crippen molar-refractivity contribution in [3.05, 3.63) is 70.9 Å². The molecule has 0 saturated carbocycles. The molecule has 5 heterocycles. The number of benzene rings is 1. The lowest BCUT2D eigenvalue weighted by atomic mass is 9.88. The topological polar surface area (TPSA) is 40.9 Å². The van der Waals surface area contributed by atoms with E-state index in [9.17, 15) is 4.79 Å². The van der Waals surface area contributed by atoms with Gasteiger partial charge in [0, 0.05) is 19.6 Å². The summed E-state index contributed by atoms with van der Waals surface area (Å²) in [7, 11) is 0. The molecule has 170 valence electrons. The van der Waals surface area contributed by atoms with Gasteiger partial charge in [0.25, 0.3) is 5.91 Å². The molecule has 0 bridgehead atoms. The first-order chi connectivity index (χ1) is 16.2. The van der Waals surface area contributed by atoms with Gasteiger partial charge in [0.05, 0.1) is 21.8 Å². The summed E-state index contributed by atoms with van der Waals surface area (Å²) in [5.41, 5.74) is 3.43. The van der Waals surface area contributed by atoms with Crippen LogP contribution in [0.1, 0.15) is 42.9 Å². The first-order valence-electron chi connectivity index (χ1n) is 12.2. The standard InChI is InChI=1S/C27H30N4OS/c32-27(24-17-23-18-28-25-7-4-8-26(33-24)31(23)25)30-15-9-20(10-16-30)19-29-13-11-22(12-14-29)21-5-2-1-3-6-21/h1-8,17-18,20,22H,9-16,19H2. The molecule has 33 heavy (non-hydrogen) atoms. The second kappa shape index (κ2) is 8.99. The van der Waals surface area contributed by atoms with Crippen molar-refractivity contribution in [2.45, 2.75) is 36.6 Å². The van der Waals surface area contributed by atoms with Crippen molar-refractivity contribution in [2.75, 3.05) is 32.7 Å². The molecular weight excluding hydrogens is 428 g/mol. The summed E-state index contributed by atoms with van der Waals surface area (Å²) < 4.78 is 2.12. The number of imidazole rings is 1. The number of piperidine rings is 2. The van der Waals surface area contributed by atoms with Crippen LogP contribution in [0, 0.1) is 5.92 Å². The number of nitrogens with zero attached hydrogens (tertiary/aromatic N) is 4. The van der Waals surface area contributed by atoms with Crippen molar-refractivity contribution >= 4 is 29.4 Å². The Bertz CT molecular complexity index is 1170. The summed E-state index contributed by atoms with van der Waals surface area (Å²) in [6, 6.07) is 17.1. The molecule has 3 aromatic rings. The van der Waals surface area contributed by atoms with Gasteiger partial charge in [0.15, 0.2) is 0 Å². The van der Waals surface area contributed by atoms with Crippen LogP contribution in [0.2, 0.25) is 0 Å². The number of hydrogen-bond acceptors (Lipinski definition) is 4. The fourth-order valence-corrected chi connectivity index (χ4v) is 6.66. The zero-order chi connectivity index (χ0) is 22.2. The number of pyridine rings is 1. The molecule has 5 nitrogen and oxygen atoms in total. The largest absolute Gasteiger partial charge is 0.338 e. The number of aromatic nitrogens is 2. The molecule has 6 rings (SSSR count). The van der Waals surface area contributed by atoms with E-state index in [1.54, 1.807) is 11.8 Å².